The van der Waals surface area contributed by atoms with Crippen LogP contribution >= 0.6 is 12.4 Å². The molecule has 2 saturated carbocycles. The molecule has 5 aliphatic rings. The van der Waals surface area contributed by atoms with Gasteiger partial charge in [0, 0.05) is 58.2 Å². The molecule has 3 heterocycles. The Hall–Kier alpha value is -2.12. The van der Waals surface area contributed by atoms with E-state index in [2.05, 4.69) is 60.9 Å². The van der Waals surface area contributed by atoms with Gasteiger partial charge in [0.25, 0.3) is 5.91 Å². The number of urea groups is 1. The lowest BCUT2D eigenvalue weighted by atomic mass is 9.84. The number of hydrogen-bond donors (Lipinski definition) is 0. The molecule has 8 heteroatoms. The van der Waals surface area contributed by atoms with Crippen LogP contribution in [0.2, 0.25) is 0 Å². The molecule has 0 aromatic heterocycles. The zero-order chi connectivity index (χ0) is 27.4. The molecule has 4 amide bonds. The van der Waals surface area contributed by atoms with Crippen molar-refractivity contribution in [3.8, 4) is 0 Å². The number of hydrogen-bond acceptors (Lipinski definition) is 4. The van der Waals surface area contributed by atoms with Crippen molar-refractivity contribution in [2.45, 2.75) is 77.2 Å². The van der Waals surface area contributed by atoms with Gasteiger partial charge in [-0.15, -0.1) is 12.4 Å². The van der Waals surface area contributed by atoms with E-state index in [1.165, 1.54) is 18.4 Å². The van der Waals surface area contributed by atoms with Crippen LogP contribution in [0.4, 0.5) is 4.79 Å². The second-order valence-electron chi connectivity index (χ2n) is 14.3. The fourth-order valence-corrected chi connectivity index (χ4v) is 7.14. The molecule has 5 fully saturated rings. The minimum Gasteiger partial charge on any atom is -0.342 e. The number of rotatable bonds is 8. The molecular formula is C32H47ClN4O3. The second-order valence-corrected chi connectivity index (χ2v) is 14.3. The lowest BCUT2D eigenvalue weighted by Gasteiger charge is -2.43. The first kappa shape index (κ1) is 29.4. The molecule has 3 aliphatic heterocycles. The molecule has 2 aliphatic carbocycles. The molecule has 0 radical (unpaired) electrons. The van der Waals surface area contributed by atoms with Crippen LogP contribution in [-0.2, 0) is 9.59 Å². The van der Waals surface area contributed by atoms with Gasteiger partial charge in [-0.2, -0.15) is 0 Å². The smallest absolute Gasteiger partial charge is 0.327 e. The molecule has 1 spiro atoms. The van der Waals surface area contributed by atoms with Gasteiger partial charge in [-0.1, -0.05) is 51.1 Å². The summed E-state index contributed by atoms with van der Waals surface area (Å²) in [5.41, 5.74) is 0.641. The second kappa shape index (κ2) is 11.3. The molecule has 7 nitrogen and oxygen atoms in total. The summed E-state index contributed by atoms with van der Waals surface area (Å²) in [6.07, 6.45) is 6.64. The number of likely N-dealkylation sites (tertiary alicyclic amines) is 2. The molecule has 220 valence electrons. The maximum absolute atomic E-state index is 13.8. The third kappa shape index (κ3) is 6.06. The van der Waals surface area contributed by atoms with Crippen LogP contribution in [-0.4, -0.2) is 88.8 Å². The summed E-state index contributed by atoms with van der Waals surface area (Å²) in [5, 5.41) is 0. The summed E-state index contributed by atoms with van der Waals surface area (Å²) in [4.78, 5) is 48.6. The van der Waals surface area contributed by atoms with Gasteiger partial charge in [-0.3, -0.25) is 14.5 Å². The quantitative estimate of drug-likeness (QED) is 0.412. The molecule has 0 bridgehead atoms. The highest BCUT2D eigenvalue weighted by atomic mass is 35.5. The summed E-state index contributed by atoms with van der Waals surface area (Å²) in [5.74, 6) is 2.09. The maximum atomic E-state index is 13.8. The minimum atomic E-state index is -0.645. The maximum Gasteiger partial charge on any atom is 0.327 e. The average molecular weight is 571 g/mol. The molecule has 0 N–H and O–H groups in total. The van der Waals surface area contributed by atoms with Crippen LogP contribution in [0.25, 0.3) is 0 Å². The Kier molecular flexibility index (Phi) is 8.28. The largest absolute Gasteiger partial charge is 0.342 e. The number of imide groups is 1. The van der Waals surface area contributed by atoms with E-state index in [0.717, 1.165) is 65.0 Å². The van der Waals surface area contributed by atoms with E-state index in [0.29, 0.717) is 36.6 Å². The molecule has 6 rings (SSSR count). The molecular weight excluding hydrogens is 524 g/mol. The highest BCUT2D eigenvalue weighted by Crippen LogP contribution is 2.43. The molecule has 40 heavy (non-hydrogen) atoms. The van der Waals surface area contributed by atoms with Crippen LogP contribution in [0.5, 0.6) is 0 Å². The van der Waals surface area contributed by atoms with Crippen LogP contribution in [0.15, 0.2) is 30.3 Å². The van der Waals surface area contributed by atoms with E-state index in [4.69, 9.17) is 0 Å². The average Bonchev–Trinajstić information content (AvgIpc) is 3.83. The van der Waals surface area contributed by atoms with Crippen molar-refractivity contribution in [1.82, 2.24) is 19.6 Å². The fourth-order valence-electron chi connectivity index (χ4n) is 7.14. The van der Waals surface area contributed by atoms with Crippen molar-refractivity contribution in [2.24, 2.45) is 23.2 Å². The van der Waals surface area contributed by atoms with Gasteiger partial charge in [0.2, 0.25) is 5.91 Å². The zero-order valence-corrected chi connectivity index (χ0v) is 25.3. The van der Waals surface area contributed by atoms with Gasteiger partial charge < -0.3 is 14.7 Å². The van der Waals surface area contributed by atoms with Gasteiger partial charge in [0.05, 0.1) is 0 Å². The van der Waals surface area contributed by atoms with Gasteiger partial charge in [0.15, 0.2) is 0 Å². The summed E-state index contributed by atoms with van der Waals surface area (Å²) in [7, 11) is 0. The standard InChI is InChI=1S/C32H46N4O3.ClH/c1-31(2,3)17-28(37)34-21-26(27(22-34)25-7-5-4-6-8-25)20-33-15-13-32(14-16-33)29(38)35(18-23-9-10-23)30(39)36(32)19-24-11-12-24;/h4-8,23-24,26-27H,9-22H2,1-3H3;1H. The number of benzene rings is 1. The molecule has 1 aromatic carbocycles. The Morgan fingerprint density at radius 3 is 2.12 bits per heavy atom. The highest BCUT2D eigenvalue weighted by Gasteiger charge is 2.59. The van der Waals surface area contributed by atoms with E-state index in [9.17, 15) is 14.4 Å². The minimum absolute atomic E-state index is 0. The molecule has 2 atom stereocenters. The summed E-state index contributed by atoms with van der Waals surface area (Å²) in [6, 6.07) is 10.6. The third-order valence-corrected chi connectivity index (χ3v) is 9.78. The Labute approximate surface area is 246 Å². The van der Waals surface area contributed by atoms with E-state index in [-0.39, 0.29) is 35.7 Å². The topological polar surface area (TPSA) is 64.2 Å². The van der Waals surface area contributed by atoms with Gasteiger partial charge in [-0.05, 0) is 67.3 Å². The highest BCUT2D eigenvalue weighted by molar-refractivity contribution is 6.07. The van der Waals surface area contributed by atoms with Crippen molar-refractivity contribution in [3.05, 3.63) is 35.9 Å². The lowest BCUT2D eigenvalue weighted by Crippen LogP contribution is -2.57. The van der Waals surface area contributed by atoms with E-state index < -0.39 is 5.54 Å². The number of halogens is 1. The summed E-state index contributed by atoms with van der Waals surface area (Å²) < 4.78 is 0. The van der Waals surface area contributed by atoms with Gasteiger partial charge in [-0.25, -0.2) is 4.79 Å². The SMILES string of the molecule is CC(C)(C)CC(=O)N1CC(CN2CCC3(CC2)C(=O)N(CC2CC2)C(=O)N3CC2CC2)C(c2ccccc2)C1.Cl. The van der Waals surface area contributed by atoms with Crippen molar-refractivity contribution < 1.29 is 14.4 Å². The van der Waals surface area contributed by atoms with E-state index in [1.54, 1.807) is 4.90 Å². The first-order valence-electron chi connectivity index (χ1n) is 15.3. The zero-order valence-electron chi connectivity index (χ0n) is 24.5. The van der Waals surface area contributed by atoms with Gasteiger partial charge in [0.1, 0.15) is 5.54 Å². The lowest BCUT2D eigenvalue weighted by molar-refractivity contribution is -0.136. The fraction of sp³-hybridized carbons (Fsp3) is 0.719. The Morgan fingerprint density at radius 2 is 1.52 bits per heavy atom. The number of carbonyl (C=O) groups excluding carboxylic acids is 3. The van der Waals surface area contributed by atoms with E-state index >= 15 is 0 Å². The molecule has 1 aromatic rings. The van der Waals surface area contributed by atoms with Crippen LogP contribution in [0.3, 0.4) is 0 Å². The van der Waals surface area contributed by atoms with E-state index in [1.807, 2.05) is 4.90 Å². The van der Waals surface area contributed by atoms with Crippen molar-refractivity contribution in [2.75, 3.05) is 45.8 Å². The number of carbonyl (C=O) groups is 3. The van der Waals surface area contributed by atoms with Crippen molar-refractivity contribution in [1.29, 1.82) is 0 Å². The van der Waals surface area contributed by atoms with Crippen LogP contribution in [0.1, 0.15) is 77.2 Å². The van der Waals surface area contributed by atoms with Gasteiger partial charge >= 0.3 is 6.03 Å². The Morgan fingerprint density at radius 1 is 0.900 bits per heavy atom. The van der Waals surface area contributed by atoms with Crippen LogP contribution in [0, 0.1) is 23.2 Å². The first-order valence-corrected chi connectivity index (χ1v) is 15.3. The monoisotopic (exact) mass is 570 g/mol. The van der Waals surface area contributed by atoms with Crippen molar-refractivity contribution >= 4 is 30.3 Å². The summed E-state index contributed by atoms with van der Waals surface area (Å²) >= 11 is 0. The Bertz CT molecular complexity index is 1090. The Balaban J connectivity index is 0.00000323. The normalized spacial score (nSPS) is 27.0. The number of amides is 4. The third-order valence-electron chi connectivity index (χ3n) is 9.78. The molecule has 3 saturated heterocycles. The molecule has 2 unspecified atom stereocenters. The predicted molar refractivity (Wildman–Crippen MR) is 158 cm³/mol. The number of nitrogens with zero attached hydrogens (tertiary/aromatic N) is 4. The van der Waals surface area contributed by atoms with Crippen molar-refractivity contribution in [3.63, 3.8) is 0 Å². The number of piperidine rings is 1. The van der Waals surface area contributed by atoms with Crippen LogP contribution < -0.4 is 0 Å². The predicted octanol–water partition coefficient (Wildman–Crippen LogP) is 5.01. The summed E-state index contributed by atoms with van der Waals surface area (Å²) in [6.45, 7) is 11.9. The first-order chi connectivity index (χ1) is 18.6.